The Morgan fingerprint density at radius 1 is 1.20 bits per heavy atom. The number of aliphatic imine (C=N–C) groups is 1. The number of guanidine groups is 1. The number of likely N-dealkylation sites (tertiary alicyclic amines) is 1. The maximum absolute atomic E-state index is 4.66. The highest BCUT2D eigenvalue weighted by atomic mass is 15.2. The molecule has 2 rings (SSSR count). The molecule has 1 saturated heterocycles. The van der Waals surface area contributed by atoms with Gasteiger partial charge in [-0.25, -0.2) is 0 Å². The Morgan fingerprint density at radius 2 is 2.05 bits per heavy atom. The highest BCUT2D eigenvalue weighted by molar-refractivity contribution is 5.79. The van der Waals surface area contributed by atoms with E-state index in [9.17, 15) is 0 Å². The SMILES string of the molecule is CCNC(=NCC1CC1)NCCCN1CCCCC1C. The van der Waals surface area contributed by atoms with Crippen LogP contribution >= 0.6 is 0 Å². The monoisotopic (exact) mass is 280 g/mol. The molecule has 2 N–H and O–H groups in total. The summed E-state index contributed by atoms with van der Waals surface area (Å²) in [5.41, 5.74) is 0. The van der Waals surface area contributed by atoms with Crippen LogP contribution < -0.4 is 10.6 Å². The van der Waals surface area contributed by atoms with Crippen LogP contribution in [0.2, 0.25) is 0 Å². The fourth-order valence-corrected chi connectivity index (χ4v) is 2.84. The molecule has 1 saturated carbocycles. The number of piperidine rings is 1. The zero-order valence-corrected chi connectivity index (χ0v) is 13.3. The van der Waals surface area contributed by atoms with Crippen LogP contribution in [0, 0.1) is 5.92 Å². The molecule has 1 atom stereocenters. The molecule has 2 fully saturated rings. The van der Waals surface area contributed by atoms with E-state index in [0.717, 1.165) is 37.6 Å². The van der Waals surface area contributed by atoms with Crippen LogP contribution in [-0.2, 0) is 0 Å². The second-order valence-corrected chi connectivity index (χ2v) is 6.32. The summed E-state index contributed by atoms with van der Waals surface area (Å²) in [6.07, 6.45) is 8.11. The van der Waals surface area contributed by atoms with Crippen molar-refractivity contribution in [3.8, 4) is 0 Å². The van der Waals surface area contributed by atoms with E-state index in [0.29, 0.717) is 0 Å². The predicted octanol–water partition coefficient (Wildman–Crippen LogP) is 2.22. The summed E-state index contributed by atoms with van der Waals surface area (Å²) in [6, 6.07) is 0.778. The lowest BCUT2D eigenvalue weighted by molar-refractivity contribution is 0.159. The first-order chi connectivity index (χ1) is 9.79. The fraction of sp³-hybridized carbons (Fsp3) is 0.938. The van der Waals surface area contributed by atoms with Gasteiger partial charge >= 0.3 is 0 Å². The second-order valence-electron chi connectivity index (χ2n) is 6.32. The van der Waals surface area contributed by atoms with Crippen LogP contribution in [0.15, 0.2) is 4.99 Å². The molecule has 1 unspecified atom stereocenters. The summed E-state index contributed by atoms with van der Waals surface area (Å²) in [7, 11) is 0. The van der Waals surface area contributed by atoms with Crippen molar-refractivity contribution in [1.29, 1.82) is 0 Å². The molecular weight excluding hydrogens is 248 g/mol. The maximum atomic E-state index is 4.66. The average Bonchev–Trinajstić information content (AvgIpc) is 3.26. The molecule has 0 aromatic heterocycles. The molecule has 0 radical (unpaired) electrons. The highest BCUT2D eigenvalue weighted by Crippen LogP contribution is 2.28. The smallest absolute Gasteiger partial charge is 0.191 e. The van der Waals surface area contributed by atoms with E-state index in [1.807, 2.05) is 0 Å². The number of nitrogens with one attached hydrogen (secondary N) is 2. The molecule has 1 aliphatic heterocycles. The molecule has 1 heterocycles. The number of hydrogen-bond donors (Lipinski definition) is 2. The average molecular weight is 280 g/mol. The summed E-state index contributed by atoms with van der Waals surface area (Å²) in [5.74, 6) is 1.87. The molecule has 116 valence electrons. The lowest BCUT2D eigenvalue weighted by atomic mass is 10.0. The Hall–Kier alpha value is -0.770. The van der Waals surface area contributed by atoms with Gasteiger partial charge in [-0.1, -0.05) is 6.42 Å². The Balaban J connectivity index is 1.60. The van der Waals surface area contributed by atoms with Gasteiger partial charge in [-0.05, 0) is 58.4 Å². The molecule has 20 heavy (non-hydrogen) atoms. The summed E-state index contributed by atoms with van der Waals surface area (Å²) < 4.78 is 0. The zero-order chi connectivity index (χ0) is 14.2. The number of rotatable bonds is 7. The van der Waals surface area contributed by atoms with Gasteiger partial charge in [0, 0.05) is 32.2 Å². The van der Waals surface area contributed by atoms with Gasteiger partial charge in [0.2, 0.25) is 0 Å². The van der Waals surface area contributed by atoms with Crippen LogP contribution in [0.25, 0.3) is 0 Å². The summed E-state index contributed by atoms with van der Waals surface area (Å²) in [5, 5.41) is 6.81. The Labute approximate surface area is 124 Å². The van der Waals surface area contributed by atoms with Gasteiger partial charge in [-0.15, -0.1) is 0 Å². The van der Waals surface area contributed by atoms with Crippen molar-refractivity contribution in [2.45, 2.75) is 58.4 Å². The van der Waals surface area contributed by atoms with Gasteiger partial charge in [-0.3, -0.25) is 4.99 Å². The zero-order valence-electron chi connectivity index (χ0n) is 13.3. The number of nitrogens with zero attached hydrogens (tertiary/aromatic N) is 2. The maximum Gasteiger partial charge on any atom is 0.191 e. The van der Waals surface area contributed by atoms with Crippen molar-refractivity contribution in [3.05, 3.63) is 0 Å². The van der Waals surface area contributed by atoms with Gasteiger partial charge in [0.1, 0.15) is 0 Å². The van der Waals surface area contributed by atoms with Crippen molar-refractivity contribution < 1.29 is 0 Å². The molecule has 0 aromatic carbocycles. The van der Waals surface area contributed by atoms with Crippen molar-refractivity contribution in [3.63, 3.8) is 0 Å². The fourth-order valence-electron chi connectivity index (χ4n) is 2.84. The van der Waals surface area contributed by atoms with Crippen LogP contribution in [-0.4, -0.2) is 49.6 Å². The largest absolute Gasteiger partial charge is 0.357 e. The van der Waals surface area contributed by atoms with Crippen LogP contribution in [0.3, 0.4) is 0 Å². The molecule has 2 aliphatic rings. The van der Waals surface area contributed by atoms with E-state index in [-0.39, 0.29) is 0 Å². The standard InChI is InChI=1S/C16H32N4/c1-3-17-16(19-13-15-8-9-15)18-10-6-12-20-11-5-4-7-14(20)2/h14-15H,3-13H2,1-2H3,(H2,17,18,19). The van der Waals surface area contributed by atoms with Crippen molar-refractivity contribution in [1.82, 2.24) is 15.5 Å². The van der Waals surface area contributed by atoms with Gasteiger partial charge in [0.05, 0.1) is 0 Å². The minimum absolute atomic E-state index is 0.778. The quantitative estimate of drug-likeness (QED) is 0.427. The lowest BCUT2D eigenvalue weighted by Crippen LogP contribution is -2.41. The molecule has 0 amide bonds. The van der Waals surface area contributed by atoms with Crippen LogP contribution in [0.5, 0.6) is 0 Å². The molecule has 1 aliphatic carbocycles. The first kappa shape index (κ1) is 15.6. The van der Waals surface area contributed by atoms with Gasteiger partial charge in [-0.2, -0.15) is 0 Å². The summed E-state index contributed by atoms with van der Waals surface area (Å²) in [6.45, 7) is 9.97. The van der Waals surface area contributed by atoms with E-state index >= 15 is 0 Å². The predicted molar refractivity (Wildman–Crippen MR) is 86.2 cm³/mol. The molecule has 4 heteroatoms. The number of hydrogen-bond acceptors (Lipinski definition) is 2. The van der Waals surface area contributed by atoms with E-state index < -0.39 is 0 Å². The van der Waals surface area contributed by atoms with Crippen LogP contribution in [0.1, 0.15) is 52.4 Å². The molecule has 0 bridgehead atoms. The molecule has 4 nitrogen and oxygen atoms in total. The van der Waals surface area contributed by atoms with Crippen molar-refractivity contribution >= 4 is 5.96 Å². The van der Waals surface area contributed by atoms with Gasteiger partial charge in [0.25, 0.3) is 0 Å². The van der Waals surface area contributed by atoms with Crippen LogP contribution in [0.4, 0.5) is 0 Å². The third kappa shape index (κ3) is 5.70. The van der Waals surface area contributed by atoms with Gasteiger partial charge < -0.3 is 15.5 Å². The topological polar surface area (TPSA) is 39.7 Å². The first-order valence-electron chi connectivity index (χ1n) is 8.56. The van der Waals surface area contributed by atoms with E-state index in [1.165, 1.54) is 51.6 Å². The Kier molecular flexibility index (Phi) is 6.64. The first-order valence-corrected chi connectivity index (χ1v) is 8.56. The second kappa shape index (κ2) is 8.50. The van der Waals surface area contributed by atoms with E-state index in [2.05, 4.69) is 34.4 Å². The van der Waals surface area contributed by atoms with E-state index in [4.69, 9.17) is 0 Å². The Morgan fingerprint density at radius 3 is 2.75 bits per heavy atom. The summed E-state index contributed by atoms with van der Waals surface area (Å²) in [4.78, 5) is 7.29. The molecule has 0 aromatic rings. The molecule has 0 spiro atoms. The van der Waals surface area contributed by atoms with Gasteiger partial charge in [0.15, 0.2) is 5.96 Å². The van der Waals surface area contributed by atoms with Crippen molar-refractivity contribution in [2.24, 2.45) is 10.9 Å². The van der Waals surface area contributed by atoms with E-state index in [1.54, 1.807) is 0 Å². The Bertz CT molecular complexity index is 299. The minimum atomic E-state index is 0.778. The van der Waals surface area contributed by atoms with Crippen molar-refractivity contribution in [2.75, 3.05) is 32.7 Å². The highest BCUT2D eigenvalue weighted by Gasteiger charge is 2.20. The minimum Gasteiger partial charge on any atom is -0.357 e. The third-order valence-corrected chi connectivity index (χ3v) is 4.40. The molecular formula is C16H32N4. The lowest BCUT2D eigenvalue weighted by Gasteiger charge is -2.33. The summed E-state index contributed by atoms with van der Waals surface area (Å²) >= 11 is 0. The normalized spacial score (nSPS) is 24.7. The third-order valence-electron chi connectivity index (χ3n) is 4.40.